The van der Waals surface area contributed by atoms with Gasteiger partial charge in [0.05, 0.1) is 27.5 Å². The molecule has 4 rings (SSSR count). The number of nitrogens with zero attached hydrogens (tertiary/aromatic N) is 2. The average molecular weight is 476 g/mol. The van der Waals surface area contributed by atoms with E-state index >= 15 is 0 Å². The number of halogens is 2. The maximum Gasteiger partial charge on any atom is 0.161 e. The zero-order chi connectivity index (χ0) is 21.4. The van der Waals surface area contributed by atoms with Gasteiger partial charge in [0.15, 0.2) is 5.78 Å². The number of Topliss-reactive ketones (excluding diaryl/α,β-unsaturated/α-hetero) is 1. The van der Waals surface area contributed by atoms with Crippen molar-refractivity contribution in [3.8, 4) is 6.07 Å². The first kappa shape index (κ1) is 21.3. The zero-order valence-electron chi connectivity index (χ0n) is 16.2. The van der Waals surface area contributed by atoms with Gasteiger partial charge in [0, 0.05) is 27.7 Å². The van der Waals surface area contributed by atoms with Crippen LogP contribution in [0.4, 0.5) is 5.69 Å². The highest BCUT2D eigenvalue weighted by Gasteiger charge is 2.41. The van der Waals surface area contributed by atoms with E-state index in [1.165, 1.54) is 0 Å². The van der Waals surface area contributed by atoms with Gasteiger partial charge in [0.2, 0.25) is 0 Å². The second-order valence-corrected chi connectivity index (χ2v) is 10.4. The molecule has 1 aromatic carbocycles. The van der Waals surface area contributed by atoms with Crippen LogP contribution < -0.4 is 10.6 Å². The molecule has 0 amide bonds. The number of nitrogens with two attached hydrogens (primary N) is 1. The second-order valence-electron chi connectivity index (χ2n) is 7.04. The van der Waals surface area contributed by atoms with Crippen LogP contribution in [0, 0.1) is 11.3 Å². The van der Waals surface area contributed by atoms with Crippen molar-refractivity contribution in [3.63, 3.8) is 0 Å². The summed E-state index contributed by atoms with van der Waals surface area (Å²) in [7, 11) is 0. The molecule has 4 nitrogen and oxygen atoms in total. The van der Waals surface area contributed by atoms with E-state index in [0.717, 1.165) is 27.6 Å². The van der Waals surface area contributed by atoms with E-state index in [1.807, 2.05) is 11.4 Å². The molecule has 154 valence electrons. The summed E-state index contributed by atoms with van der Waals surface area (Å²) in [6, 6.07) is 9.46. The molecule has 2 N–H and O–H groups in total. The number of nitriles is 1. The van der Waals surface area contributed by atoms with E-state index in [9.17, 15) is 10.1 Å². The molecule has 2 aliphatic rings. The lowest BCUT2D eigenvalue weighted by Gasteiger charge is -2.39. The Hall–Kier alpha value is -1.91. The van der Waals surface area contributed by atoms with Gasteiger partial charge in [-0.2, -0.15) is 5.26 Å². The standard InChI is InChI=1S/C22H19Cl2N3OS2/c1-2-29-22-15(6-7-30-22)19-16(11-25)21(26)27(14-9-12(23)8-13(24)10-14)17-4-3-5-18(28)20(17)19/h6-10,19H,2-5,26H2,1H3. The molecule has 1 aromatic heterocycles. The van der Waals surface area contributed by atoms with Crippen molar-refractivity contribution >= 4 is 57.8 Å². The maximum atomic E-state index is 13.2. The molecule has 0 bridgehead atoms. The highest BCUT2D eigenvalue weighted by atomic mass is 35.5. The Labute approximate surface area is 194 Å². The van der Waals surface area contributed by atoms with Crippen molar-refractivity contribution in [3.05, 3.63) is 67.9 Å². The fraction of sp³-hybridized carbons (Fsp3) is 0.273. The average Bonchev–Trinajstić information content (AvgIpc) is 3.14. The Morgan fingerprint density at radius 1 is 1.30 bits per heavy atom. The molecule has 2 aromatic rings. The summed E-state index contributed by atoms with van der Waals surface area (Å²) in [6.45, 7) is 2.09. The van der Waals surface area contributed by atoms with Crippen LogP contribution >= 0.6 is 46.3 Å². The number of anilines is 1. The van der Waals surface area contributed by atoms with Crippen LogP contribution in [0.2, 0.25) is 10.0 Å². The number of allylic oxidation sites excluding steroid dienone is 3. The molecule has 1 aliphatic carbocycles. The quantitative estimate of drug-likeness (QED) is 0.512. The Morgan fingerprint density at radius 3 is 2.70 bits per heavy atom. The lowest BCUT2D eigenvalue weighted by atomic mass is 9.76. The van der Waals surface area contributed by atoms with Gasteiger partial charge in [0.25, 0.3) is 0 Å². The third kappa shape index (κ3) is 3.65. The van der Waals surface area contributed by atoms with Crippen LogP contribution in [0.5, 0.6) is 0 Å². The molecule has 1 aliphatic heterocycles. The molecule has 0 saturated carbocycles. The lowest BCUT2D eigenvalue weighted by Crippen LogP contribution is -2.38. The number of thioether (sulfide) groups is 1. The monoisotopic (exact) mass is 475 g/mol. The molecule has 1 unspecified atom stereocenters. The summed E-state index contributed by atoms with van der Waals surface area (Å²) in [5.74, 6) is 0.865. The lowest BCUT2D eigenvalue weighted by molar-refractivity contribution is -0.116. The molecule has 0 saturated heterocycles. The topological polar surface area (TPSA) is 70.1 Å². The van der Waals surface area contributed by atoms with Gasteiger partial charge >= 0.3 is 0 Å². The number of benzene rings is 1. The Morgan fingerprint density at radius 2 is 2.03 bits per heavy atom. The third-order valence-corrected chi connectivity index (χ3v) is 7.85. The van der Waals surface area contributed by atoms with Crippen molar-refractivity contribution < 1.29 is 4.79 Å². The molecule has 0 fully saturated rings. The Bertz CT molecular complexity index is 1110. The van der Waals surface area contributed by atoms with Gasteiger partial charge in [-0.15, -0.1) is 23.1 Å². The number of rotatable bonds is 4. The van der Waals surface area contributed by atoms with Crippen LogP contribution in [0.1, 0.15) is 37.7 Å². The van der Waals surface area contributed by atoms with Crippen molar-refractivity contribution in [1.29, 1.82) is 5.26 Å². The molecule has 8 heteroatoms. The van der Waals surface area contributed by atoms with Crippen LogP contribution in [0.15, 0.2) is 56.5 Å². The van der Waals surface area contributed by atoms with Crippen molar-refractivity contribution in [1.82, 2.24) is 0 Å². The van der Waals surface area contributed by atoms with E-state index < -0.39 is 5.92 Å². The van der Waals surface area contributed by atoms with E-state index in [1.54, 1.807) is 46.2 Å². The van der Waals surface area contributed by atoms with Gasteiger partial charge in [0.1, 0.15) is 5.82 Å². The highest BCUT2D eigenvalue weighted by molar-refractivity contribution is 8.01. The first-order chi connectivity index (χ1) is 14.5. The largest absolute Gasteiger partial charge is 0.384 e. The predicted molar refractivity (Wildman–Crippen MR) is 125 cm³/mol. The van der Waals surface area contributed by atoms with E-state index in [4.69, 9.17) is 28.9 Å². The molecular weight excluding hydrogens is 457 g/mol. The third-order valence-electron chi connectivity index (χ3n) is 5.26. The van der Waals surface area contributed by atoms with Crippen molar-refractivity contribution in [2.24, 2.45) is 5.73 Å². The summed E-state index contributed by atoms with van der Waals surface area (Å²) in [6.07, 6.45) is 1.91. The second kappa shape index (κ2) is 8.68. The molecule has 0 radical (unpaired) electrons. The highest BCUT2D eigenvalue weighted by Crippen LogP contribution is 2.49. The fourth-order valence-corrected chi connectivity index (χ4v) is 6.71. The minimum Gasteiger partial charge on any atom is -0.384 e. The fourth-order valence-electron chi connectivity index (χ4n) is 4.13. The Kier molecular flexibility index (Phi) is 6.17. The summed E-state index contributed by atoms with van der Waals surface area (Å²) >= 11 is 15.8. The normalized spacial score (nSPS) is 19.2. The van der Waals surface area contributed by atoms with E-state index in [0.29, 0.717) is 45.5 Å². The smallest absolute Gasteiger partial charge is 0.161 e. The van der Waals surface area contributed by atoms with Crippen LogP contribution in [-0.4, -0.2) is 11.5 Å². The first-order valence-electron chi connectivity index (χ1n) is 9.58. The zero-order valence-corrected chi connectivity index (χ0v) is 19.4. The van der Waals surface area contributed by atoms with E-state index in [2.05, 4.69) is 13.0 Å². The molecule has 2 heterocycles. The van der Waals surface area contributed by atoms with Gasteiger partial charge < -0.3 is 5.73 Å². The minimum atomic E-state index is -0.441. The SMILES string of the molecule is CCSc1sccc1C1C(C#N)=C(N)N(c2cc(Cl)cc(Cl)c2)C2=C1C(=O)CCC2. The first-order valence-corrected chi connectivity index (χ1v) is 12.2. The predicted octanol–water partition coefficient (Wildman–Crippen LogP) is 6.47. The van der Waals surface area contributed by atoms with Gasteiger partial charge in [-0.1, -0.05) is 30.1 Å². The molecule has 1 atom stereocenters. The van der Waals surface area contributed by atoms with Crippen molar-refractivity contribution in [2.45, 2.75) is 36.3 Å². The number of ketones is 1. The Balaban J connectivity index is 1.97. The number of hydrogen-bond donors (Lipinski definition) is 1. The summed E-state index contributed by atoms with van der Waals surface area (Å²) < 4.78 is 1.12. The van der Waals surface area contributed by atoms with Crippen LogP contribution in [0.25, 0.3) is 0 Å². The maximum absolute atomic E-state index is 13.2. The van der Waals surface area contributed by atoms with Gasteiger partial charge in [-0.25, -0.2) is 0 Å². The van der Waals surface area contributed by atoms with Crippen LogP contribution in [-0.2, 0) is 4.79 Å². The number of carbonyl (C=O) groups excluding carboxylic acids is 1. The number of hydrogen-bond acceptors (Lipinski definition) is 6. The van der Waals surface area contributed by atoms with Crippen LogP contribution in [0.3, 0.4) is 0 Å². The molecule has 30 heavy (non-hydrogen) atoms. The number of carbonyl (C=O) groups is 1. The summed E-state index contributed by atoms with van der Waals surface area (Å²) in [5.41, 5.74) is 10.1. The molecule has 0 spiro atoms. The summed E-state index contributed by atoms with van der Waals surface area (Å²) in [5, 5.41) is 13.0. The van der Waals surface area contributed by atoms with E-state index in [-0.39, 0.29) is 5.78 Å². The van der Waals surface area contributed by atoms with Gasteiger partial charge in [-0.3, -0.25) is 9.69 Å². The van der Waals surface area contributed by atoms with Gasteiger partial charge in [-0.05, 0) is 53.8 Å². The minimum absolute atomic E-state index is 0.0678. The summed E-state index contributed by atoms with van der Waals surface area (Å²) in [4.78, 5) is 15.0. The number of thiophene rings is 1. The molecular formula is C22H19Cl2N3OS2. The van der Waals surface area contributed by atoms with Crippen molar-refractivity contribution in [2.75, 3.05) is 10.7 Å².